The summed E-state index contributed by atoms with van der Waals surface area (Å²) in [5, 5.41) is 10.0. The van der Waals surface area contributed by atoms with E-state index in [0.29, 0.717) is 0 Å². The van der Waals surface area contributed by atoms with Crippen molar-refractivity contribution in [3.05, 3.63) is 76.9 Å². The Morgan fingerprint density at radius 1 is 1.00 bits per heavy atom. The zero-order chi connectivity index (χ0) is 11.8. The van der Waals surface area contributed by atoms with Crippen LogP contribution in [0.25, 0.3) is 5.57 Å². The molecule has 2 aromatic rings. The molecule has 0 bridgehead atoms. The molecular weight excluding hydrogens is 208 g/mol. The van der Waals surface area contributed by atoms with E-state index in [1.54, 1.807) is 0 Å². The fraction of sp³-hybridized carbons (Fsp3) is 0.125. The standard InChI is InChI=1S/C16H14O/c1-11-7-8-13-15(9-11)14(10-16(13)17)12-5-3-2-4-6-12/h2-10,16-17H,1H3. The van der Waals surface area contributed by atoms with Crippen molar-refractivity contribution in [3.63, 3.8) is 0 Å². The van der Waals surface area contributed by atoms with Crippen LogP contribution in [-0.2, 0) is 0 Å². The molecule has 1 N–H and O–H groups in total. The van der Waals surface area contributed by atoms with Crippen LogP contribution < -0.4 is 0 Å². The third-order valence-electron chi connectivity index (χ3n) is 3.23. The van der Waals surface area contributed by atoms with Crippen LogP contribution in [0.4, 0.5) is 0 Å². The lowest BCUT2D eigenvalue weighted by Gasteiger charge is -2.07. The average molecular weight is 222 g/mol. The van der Waals surface area contributed by atoms with E-state index >= 15 is 0 Å². The predicted molar refractivity (Wildman–Crippen MR) is 69.7 cm³/mol. The van der Waals surface area contributed by atoms with E-state index in [4.69, 9.17) is 0 Å². The first-order valence-corrected chi connectivity index (χ1v) is 5.82. The molecular formula is C16H14O. The van der Waals surface area contributed by atoms with Crippen molar-refractivity contribution < 1.29 is 5.11 Å². The number of hydrogen-bond acceptors (Lipinski definition) is 1. The second-order valence-electron chi connectivity index (χ2n) is 4.48. The molecule has 3 rings (SSSR count). The molecule has 1 aliphatic rings. The lowest BCUT2D eigenvalue weighted by atomic mass is 9.97. The van der Waals surface area contributed by atoms with E-state index in [1.807, 2.05) is 36.4 Å². The predicted octanol–water partition coefficient (Wildman–Crippen LogP) is 3.47. The molecule has 17 heavy (non-hydrogen) atoms. The van der Waals surface area contributed by atoms with Gasteiger partial charge in [0.2, 0.25) is 0 Å². The van der Waals surface area contributed by atoms with Crippen LogP contribution in [0.15, 0.2) is 54.6 Å². The van der Waals surface area contributed by atoms with Gasteiger partial charge in [0, 0.05) is 0 Å². The van der Waals surface area contributed by atoms with Gasteiger partial charge in [0.05, 0.1) is 6.10 Å². The Balaban J connectivity index is 2.17. The Bertz CT molecular complexity index is 582. The van der Waals surface area contributed by atoms with Crippen molar-refractivity contribution in [1.29, 1.82) is 0 Å². The molecule has 0 aromatic heterocycles. The molecule has 0 saturated carbocycles. The Morgan fingerprint density at radius 3 is 2.53 bits per heavy atom. The first-order valence-electron chi connectivity index (χ1n) is 5.82. The lowest BCUT2D eigenvalue weighted by Crippen LogP contribution is -1.91. The largest absolute Gasteiger partial charge is 0.384 e. The smallest absolute Gasteiger partial charge is 0.0986 e. The molecule has 84 valence electrons. The first-order chi connectivity index (χ1) is 8.25. The van der Waals surface area contributed by atoms with Gasteiger partial charge in [0.1, 0.15) is 0 Å². The van der Waals surface area contributed by atoms with Crippen LogP contribution in [0.2, 0.25) is 0 Å². The fourth-order valence-electron chi connectivity index (χ4n) is 2.37. The summed E-state index contributed by atoms with van der Waals surface area (Å²) in [6.45, 7) is 2.08. The van der Waals surface area contributed by atoms with Crippen molar-refractivity contribution in [2.45, 2.75) is 13.0 Å². The highest BCUT2D eigenvalue weighted by atomic mass is 16.3. The number of aliphatic hydroxyl groups excluding tert-OH is 1. The van der Waals surface area contributed by atoms with Gasteiger partial charge >= 0.3 is 0 Å². The summed E-state index contributed by atoms with van der Waals surface area (Å²) >= 11 is 0. The van der Waals surface area contributed by atoms with E-state index in [-0.39, 0.29) is 0 Å². The zero-order valence-electron chi connectivity index (χ0n) is 9.72. The number of hydrogen-bond donors (Lipinski definition) is 1. The third kappa shape index (κ3) is 1.69. The van der Waals surface area contributed by atoms with Crippen molar-refractivity contribution in [1.82, 2.24) is 0 Å². The Labute approximate surface area is 101 Å². The molecule has 0 aliphatic heterocycles. The van der Waals surface area contributed by atoms with Crippen molar-refractivity contribution >= 4 is 5.57 Å². The molecule has 1 nitrogen and oxygen atoms in total. The van der Waals surface area contributed by atoms with Crippen molar-refractivity contribution in [3.8, 4) is 0 Å². The Kier molecular flexibility index (Phi) is 2.34. The highest BCUT2D eigenvalue weighted by molar-refractivity contribution is 5.85. The summed E-state index contributed by atoms with van der Waals surface area (Å²) in [6, 6.07) is 16.4. The summed E-state index contributed by atoms with van der Waals surface area (Å²) in [4.78, 5) is 0. The molecule has 1 heteroatoms. The van der Waals surface area contributed by atoms with Gasteiger partial charge in [0.15, 0.2) is 0 Å². The molecule has 0 amide bonds. The monoisotopic (exact) mass is 222 g/mol. The zero-order valence-corrected chi connectivity index (χ0v) is 9.72. The molecule has 1 aliphatic carbocycles. The molecule has 0 heterocycles. The number of aryl methyl sites for hydroxylation is 1. The third-order valence-corrected chi connectivity index (χ3v) is 3.23. The Hall–Kier alpha value is -1.86. The van der Waals surface area contributed by atoms with Gasteiger partial charge in [-0.3, -0.25) is 0 Å². The van der Waals surface area contributed by atoms with Gasteiger partial charge in [-0.05, 0) is 35.3 Å². The van der Waals surface area contributed by atoms with Gasteiger partial charge in [-0.25, -0.2) is 0 Å². The number of aliphatic hydroxyl groups is 1. The molecule has 0 saturated heterocycles. The summed E-state index contributed by atoms with van der Waals surface area (Å²) in [5.41, 5.74) is 5.69. The fourth-order valence-corrected chi connectivity index (χ4v) is 2.37. The van der Waals surface area contributed by atoms with Crippen LogP contribution >= 0.6 is 0 Å². The van der Waals surface area contributed by atoms with E-state index in [2.05, 4.69) is 25.1 Å². The van der Waals surface area contributed by atoms with Crippen LogP contribution in [-0.4, -0.2) is 5.11 Å². The van der Waals surface area contributed by atoms with Crippen LogP contribution in [0.1, 0.15) is 28.4 Å². The van der Waals surface area contributed by atoms with E-state index in [1.165, 1.54) is 5.56 Å². The molecule has 0 radical (unpaired) electrons. The van der Waals surface area contributed by atoms with Crippen LogP contribution in [0.5, 0.6) is 0 Å². The Morgan fingerprint density at radius 2 is 1.76 bits per heavy atom. The van der Waals surface area contributed by atoms with Gasteiger partial charge in [-0.1, -0.05) is 54.1 Å². The summed E-state index contributed by atoms with van der Waals surface area (Å²) in [7, 11) is 0. The minimum atomic E-state index is -0.471. The summed E-state index contributed by atoms with van der Waals surface area (Å²) in [5.74, 6) is 0. The maximum atomic E-state index is 10.0. The second-order valence-corrected chi connectivity index (χ2v) is 4.48. The van der Waals surface area contributed by atoms with Crippen LogP contribution in [0.3, 0.4) is 0 Å². The molecule has 0 spiro atoms. The van der Waals surface area contributed by atoms with Gasteiger partial charge in [-0.2, -0.15) is 0 Å². The van der Waals surface area contributed by atoms with E-state index in [9.17, 15) is 5.11 Å². The quantitative estimate of drug-likeness (QED) is 0.783. The maximum absolute atomic E-state index is 10.0. The maximum Gasteiger partial charge on any atom is 0.0986 e. The first kappa shape index (κ1) is 10.3. The van der Waals surface area contributed by atoms with Crippen LogP contribution in [0, 0.1) is 6.92 Å². The highest BCUT2D eigenvalue weighted by Gasteiger charge is 2.22. The van der Waals surface area contributed by atoms with Crippen molar-refractivity contribution in [2.24, 2.45) is 0 Å². The number of fused-ring (bicyclic) bond motifs is 1. The summed E-state index contributed by atoms with van der Waals surface area (Å²) < 4.78 is 0. The van der Waals surface area contributed by atoms with Crippen molar-refractivity contribution in [2.75, 3.05) is 0 Å². The topological polar surface area (TPSA) is 20.2 Å². The number of rotatable bonds is 1. The SMILES string of the molecule is Cc1ccc2c(c1)C(c1ccccc1)=CC2O. The second kappa shape index (κ2) is 3.86. The average Bonchev–Trinajstić information content (AvgIpc) is 2.67. The highest BCUT2D eigenvalue weighted by Crippen LogP contribution is 2.38. The van der Waals surface area contributed by atoms with E-state index in [0.717, 1.165) is 22.3 Å². The molecule has 0 fully saturated rings. The number of benzene rings is 2. The lowest BCUT2D eigenvalue weighted by molar-refractivity contribution is 0.232. The summed E-state index contributed by atoms with van der Waals surface area (Å²) in [6.07, 6.45) is 1.46. The van der Waals surface area contributed by atoms with Gasteiger partial charge in [0.25, 0.3) is 0 Å². The normalized spacial score (nSPS) is 17.8. The molecule has 2 aromatic carbocycles. The van der Waals surface area contributed by atoms with Gasteiger partial charge < -0.3 is 5.11 Å². The van der Waals surface area contributed by atoms with E-state index < -0.39 is 6.10 Å². The molecule has 1 unspecified atom stereocenters. The minimum absolute atomic E-state index is 0.471. The molecule has 1 atom stereocenters. The van der Waals surface area contributed by atoms with Gasteiger partial charge in [-0.15, -0.1) is 0 Å². The minimum Gasteiger partial charge on any atom is -0.384 e.